The molecular weight excluding hydrogens is 262 g/mol. The van der Waals surface area contributed by atoms with Crippen LogP contribution in [0.2, 0.25) is 0 Å². The molecule has 0 spiro atoms. The van der Waals surface area contributed by atoms with Crippen LogP contribution in [0, 0.1) is 0 Å². The highest BCUT2D eigenvalue weighted by atomic mass is 16.3. The van der Waals surface area contributed by atoms with E-state index in [0.717, 1.165) is 30.8 Å². The monoisotopic (exact) mass is 283 g/mol. The van der Waals surface area contributed by atoms with Gasteiger partial charge in [-0.05, 0) is 43.9 Å². The van der Waals surface area contributed by atoms with Gasteiger partial charge in [-0.3, -0.25) is 4.90 Å². The Hall–Kier alpha value is -1.65. The number of hydrogen-bond acceptors (Lipinski definition) is 3. The van der Waals surface area contributed by atoms with Crippen molar-refractivity contribution in [2.24, 2.45) is 0 Å². The number of rotatable bonds is 3. The van der Waals surface area contributed by atoms with Gasteiger partial charge in [0.2, 0.25) is 0 Å². The fourth-order valence-electron chi connectivity index (χ4n) is 3.86. The number of fused-ring (bicyclic) bond motifs is 2. The fraction of sp³-hybridized carbons (Fsp3) is 0.471. The van der Waals surface area contributed by atoms with Crippen LogP contribution in [-0.4, -0.2) is 38.0 Å². The summed E-state index contributed by atoms with van der Waals surface area (Å²) in [5, 5.41) is 14.6. The van der Waals surface area contributed by atoms with Gasteiger partial charge in [-0.1, -0.05) is 18.2 Å². The minimum atomic E-state index is -0.0966. The zero-order valence-electron chi connectivity index (χ0n) is 12.1. The van der Waals surface area contributed by atoms with E-state index in [2.05, 4.69) is 23.1 Å². The highest BCUT2D eigenvalue weighted by Gasteiger charge is 2.40. The second-order valence-corrected chi connectivity index (χ2v) is 6.27. The van der Waals surface area contributed by atoms with E-state index < -0.39 is 0 Å². The lowest BCUT2D eigenvalue weighted by Gasteiger charge is -2.36. The number of hydrogen-bond donors (Lipinski definition) is 1. The second kappa shape index (κ2) is 5.28. The van der Waals surface area contributed by atoms with Crippen LogP contribution in [0.5, 0.6) is 0 Å². The molecule has 2 saturated heterocycles. The Bertz CT molecular complexity index is 596. The minimum absolute atomic E-state index is 0.0966. The minimum Gasteiger partial charge on any atom is -0.393 e. The molecule has 21 heavy (non-hydrogen) atoms. The van der Waals surface area contributed by atoms with Crippen LogP contribution in [0.4, 0.5) is 0 Å². The van der Waals surface area contributed by atoms with Gasteiger partial charge in [0.25, 0.3) is 0 Å². The summed E-state index contributed by atoms with van der Waals surface area (Å²) in [6.45, 7) is 0.905. The quantitative estimate of drug-likeness (QED) is 0.940. The molecule has 2 fully saturated rings. The Balaban J connectivity index is 1.50. The first kappa shape index (κ1) is 13.0. The lowest BCUT2D eigenvalue weighted by Crippen LogP contribution is -2.44. The van der Waals surface area contributed by atoms with Gasteiger partial charge >= 0.3 is 0 Å². The molecule has 110 valence electrons. The molecule has 2 aromatic rings. The van der Waals surface area contributed by atoms with Crippen LogP contribution in [0.3, 0.4) is 0 Å². The first-order valence-electron chi connectivity index (χ1n) is 7.83. The Kier molecular flexibility index (Phi) is 3.28. The number of aliphatic hydroxyl groups is 1. The first-order valence-corrected chi connectivity index (χ1v) is 7.83. The average molecular weight is 283 g/mol. The van der Waals surface area contributed by atoms with Crippen molar-refractivity contribution in [2.75, 3.05) is 0 Å². The number of piperidine rings is 1. The van der Waals surface area contributed by atoms with Gasteiger partial charge in [-0.25, -0.2) is 4.68 Å². The second-order valence-electron chi connectivity index (χ2n) is 6.27. The van der Waals surface area contributed by atoms with Gasteiger partial charge in [0.15, 0.2) is 0 Å². The third kappa shape index (κ3) is 2.49. The predicted molar refractivity (Wildman–Crippen MR) is 81.2 cm³/mol. The summed E-state index contributed by atoms with van der Waals surface area (Å²) in [7, 11) is 0. The van der Waals surface area contributed by atoms with Crippen molar-refractivity contribution in [2.45, 2.75) is 50.4 Å². The highest BCUT2D eigenvalue weighted by molar-refractivity contribution is 5.30. The molecule has 0 radical (unpaired) electrons. The smallest absolute Gasteiger partial charge is 0.0769 e. The van der Waals surface area contributed by atoms with Crippen LogP contribution >= 0.6 is 0 Å². The van der Waals surface area contributed by atoms with Crippen molar-refractivity contribution in [1.82, 2.24) is 14.7 Å². The lowest BCUT2D eigenvalue weighted by atomic mass is 10.00. The van der Waals surface area contributed by atoms with Crippen LogP contribution in [0.1, 0.15) is 31.4 Å². The summed E-state index contributed by atoms with van der Waals surface area (Å²) in [5.74, 6) is 0. The molecule has 4 heteroatoms. The molecule has 1 N–H and O–H groups in total. The maximum absolute atomic E-state index is 9.88. The van der Waals surface area contributed by atoms with Gasteiger partial charge in [0, 0.05) is 24.8 Å². The van der Waals surface area contributed by atoms with Crippen LogP contribution in [0.25, 0.3) is 5.69 Å². The van der Waals surface area contributed by atoms with Crippen molar-refractivity contribution >= 4 is 0 Å². The topological polar surface area (TPSA) is 41.3 Å². The van der Waals surface area contributed by atoms with E-state index in [0.29, 0.717) is 12.1 Å². The van der Waals surface area contributed by atoms with E-state index in [1.807, 2.05) is 29.1 Å². The molecule has 2 bridgehead atoms. The molecule has 1 aromatic carbocycles. The zero-order valence-corrected chi connectivity index (χ0v) is 12.1. The van der Waals surface area contributed by atoms with Crippen molar-refractivity contribution in [1.29, 1.82) is 0 Å². The summed E-state index contributed by atoms with van der Waals surface area (Å²) < 4.78 is 1.94. The van der Waals surface area contributed by atoms with Crippen LogP contribution in [-0.2, 0) is 6.54 Å². The van der Waals surface area contributed by atoms with Crippen molar-refractivity contribution in [3.8, 4) is 5.69 Å². The van der Waals surface area contributed by atoms with Gasteiger partial charge in [0.1, 0.15) is 0 Å². The number of aliphatic hydroxyl groups excluding tert-OH is 1. The number of aromatic nitrogens is 2. The van der Waals surface area contributed by atoms with Gasteiger partial charge in [0.05, 0.1) is 17.5 Å². The number of nitrogens with zero attached hydrogens (tertiary/aromatic N) is 3. The normalized spacial score (nSPS) is 28.9. The van der Waals surface area contributed by atoms with Gasteiger partial charge < -0.3 is 5.11 Å². The maximum atomic E-state index is 9.88. The SMILES string of the molecule is OC1CC2CCC(C1)N2Cc1ccn(-c2ccccc2)n1. The summed E-state index contributed by atoms with van der Waals surface area (Å²) in [5.41, 5.74) is 2.22. The Labute approximate surface area is 125 Å². The summed E-state index contributed by atoms with van der Waals surface area (Å²) in [6.07, 6.45) is 6.24. The Morgan fingerprint density at radius 3 is 2.48 bits per heavy atom. The van der Waals surface area contributed by atoms with Crippen molar-refractivity contribution < 1.29 is 5.11 Å². The molecule has 0 amide bonds. The zero-order chi connectivity index (χ0) is 14.2. The first-order chi connectivity index (χ1) is 10.3. The van der Waals surface area contributed by atoms with Crippen molar-refractivity contribution in [3.05, 3.63) is 48.3 Å². The molecule has 2 aliphatic rings. The van der Waals surface area contributed by atoms with Crippen molar-refractivity contribution in [3.63, 3.8) is 0 Å². The highest BCUT2D eigenvalue weighted by Crippen LogP contribution is 2.36. The third-order valence-corrected chi connectivity index (χ3v) is 4.87. The van der Waals surface area contributed by atoms with Crippen LogP contribution in [0.15, 0.2) is 42.6 Å². The van der Waals surface area contributed by atoms with E-state index in [9.17, 15) is 5.11 Å². The molecule has 2 unspecified atom stereocenters. The Morgan fingerprint density at radius 1 is 1.05 bits per heavy atom. The fourth-order valence-corrected chi connectivity index (χ4v) is 3.86. The van der Waals surface area contributed by atoms with Gasteiger partial charge in [-0.2, -0.15) is 5.10 Å². The molecule has 4 nitrogen and oxygen atoms in total. The molecule has 1 aromatic heterocycles. The Morgan fingerprint density at radius 2 is 1.76 bits per heavy atom. The number of benzene rings is 1. The van der Waals surface area contributed by atoms with E-state index in [4.69, 9.17) is 5.10 Å². The van der Waals surface area contributed by atoms with Crippen LogP contribution < -0.4 is 0 Å². The maximum Gasteiger partial charge on any atom is 0.0769 e. The molecule has 3 heterocycles. The van der Waals surface area contributed by atoms with E-state index in [1.165, 1.54) is 12.8 Å². The summed E-state index contributed by atoms with van der Waals surface area (Å²) >= 11 is 0. The van der Waals surface area contributed by atoms with Gasteiger partial charge in [-0.15, -0.1) is 0 Å². The molecular formula is C17H21N3O. The van der Waals surface area contributed by atoms with E-state index >= 15 is 0 Å². The molecule has 0 saturated carbocycles. The third-order valence-electron chi connectivity index (χ3n) is 4.87. The molecule has 0 aliphatic carbocycles. The summed E-state index contributed by atoms with van der Waals surface area (Å²) in [6, 6.07) is 13.4. The average Bonchev–Trinajstić information content (AvgIpc) is 3.05. The largest absolute Gasteiger partial charge is 0.393 e. The van der Waals surface area contributed by atoms with E-state index in [-0.39, 0.29) is 6.10 Å². The molecule has 4 rings (SSSR count). The molecule has 2 aliphatic heterocycles. The summed E-state index contributed by atoms with van der Waals surface area (Å²) in [4.78, 5) is 2.55. The molecule has 2 atom stereocenters. The number of para-hydroxylation sites is 1. The predicted octanol–water partition coefficient (Wildman–Crippen LogP) is 2.36. The van der Waals surface area contributed by atoms with E-state index in [1.54, 1.807) is 0 Å². The lowest BCUT2D eigenvalue weighted by molar-refractivity contribution is 0.0303. The standard InChI is InChI=1S/C17H21N3O/c21-17-10-15-6-7-16(11-17)19(15)12-13-8-9-20(18-13)14-4-2-1-3-5-14/h1-5,8-9,15-17,21H,6-7,10-12H2.